The fraction of sp³-hybridized carbons (Fsp3) is 0.385. The van der Waals surface area contributed by atoms with Gasteiger partial charge in [0.2, 0.25) is 5.91 Å². The largest absolute Gasteiger partial charge is 0.435 e. The number of carbonyl (C=O) groups excluding carboxylic acids is 1. The van der Waals surface area contributed by atoms with Crippen LogP contribution in [0.1, 0.15) is 53.5 Å². The van der Waals surface area contributed by atoms with Crippen LogP contribution in [0.15, 0.2) is 48.5 Å². The van der Waals surface area contributed by atoms with E-state index in [9.17, 15) is 18.0 Å². The highest BCUT2D eigenvalue weighted by atomic mass is 32.2. The molecule has 186 valence electrons. The molecule has 35 heavy (non-hydrogen) atoms. The minimum Gasteiger partial charge on any atom is -0.435 e. The van der Waals surface area contributed by atoms with E-state index in [-0.39, 0.29) is 40.7 Å². The lowest BCUT2D eigenvalue weighted by Crippen LogP contribution is -2.40. The summed E-state index contributed by atoms with van der Waals surface area (Å²) >= 11 is 1.47. The molecule has 1 amide bonds. The predicted octanol–water partition coefficient (Wildman–Crippen LogP) is 5.46. The van der Waals surface area contributed by atoms with Crippen LogP contribution in [0.25, 0.3) is 0 Å². The highest BCUT2D eigenvalue weighted by molar-refractivity contribution is 8.08. The molecule has 9 heteroatoms. The number of amides is 1. The van der Waals surface area contributed by atoms with Gasteiger partial charge in [-0.1, -0.05) is 42.2 Å². The molecule has 1 heterocycles. The van der Waals surface area contributed by atoms with Crippen LogP contribution in [0.2, 0.25) is 0 Å². The van der Waals surface area contributed by atoms with Gasteiger partial charge in [-0.15, -0.1) is 11.8 Å². The Morgan fingerprint density at radius 2 is 1.97 bits per heavy atom. The third-order valence-electron chi connectivity index (χ3n) is 5.46. The van der Waals surface area contributed by atoms with Crippen LogP contribution in [0.3, 0.4) is 0 Å². The van der Waals surface area contributed by atoms with E-state index in [0.717, 1.165) is 34.4 Å². The van der Waals surface area contributed by atoms with Crippen LogP contribution in [0.4, 0.5) is 13.2 Å². The van der Waals surface area contributed by atoms with Gasteiger partial charge < -0.3 is 10.5 Å². The Morgan fingerprint density at radius 1 is 1.26 bits per heavy atom. The van der Waals surface area contributed by atoms with Crippen LogP contribution in [0.5, 0.6) is 5.75 Å². The Balaban J connectivity index is 0.000000241. The molecule has 2 aromatic carbocycles. The maximum atomic E-state index is 12.5. The van der Waals surface area contributed by atoms with E-state index in [2.05, 4.69) is 16.6 Å². The first kappa shape index (κ1) is 26.5. The van der Waals surface area contributed by atoms with Crippen LogP contribution < -0.4 is 10.5 Å². The minimum absolute atomic E-state index is 0.0256. The van der Waals surface area contributed by atoms with Gasteiger partial charge in [0.1, 0.15) is 11.0 Å². The van der Waals surface area contributed by atoms with Crippen molar-refractivity contribution in [1.82, 2.24) is 4.90 Å². The number of ether oxygens (including phenoxy) is 1. The molecule has 2 fully saturated rings. The summed E-state index contributed by atoms with van der Waals surface area (Å²) in [6.07, 6.45) is 3.12. The smallest absolute Gasteiger partial charge is 0.387 e. The number of halogens is 3. The van der Waals surface area contributed by atoms with Crippen molar-refractivity contribution in [3.63, 3.8) is 0 Å². The lowest BCUT2D eigenvalue weighted by Gasteiger charge is -2.14. The second kappa shape index (κ2) is 12.5. The molecular weight excluding hydrogens is 475 g/mol. The number of nitrogens with one attached hydrogen (secondary N) is 1. The molecule has 3 N–H and O–H groups in total. The summed E-state index contributed by atoms with van der Waals surface area (Å²) in [5, 5.41) is 6.99. The van der Waals surface area contributed by atoms with Crippen molar-refractivity contribution < 1.29 is 22.7 Å². The van der Waals surface area contributed by atoms with Crippen molar-refractivity contribution in [3.05, 3.63) is 65.2 Å². The average molecular weight is 504 g/mol. The monoisotopic (exact) mass is 503 g/mol. The number of hydrogen-bond acceptors (Lipinski definition) is 4. The Morgan fingerprint density at radius 3 is 2.57 bits per heavy atom. The fourth-order valence-electron chi connectivity index (χ4n) is 3.37. The van der Waals surface area contributed by atoms with Crippen molar-refractivity contribution in [1.29, 1.82) is 5.41 Å². The van der Waals surface area contributed by atoms with Crippen molar-refractivity contribution >= 4 is 23.6 Å². The minimum atomic E-state index is -2.84. The lowest BCUT2D eigenvalue weighted by atomic mass is 10.0. The van der Waals surface area contributed by atoms with Gasteiger partial charge >= 0.3 is 6.61 Å². The number of benzene rings is 2. The quantitative estimate of drug-likeness (QED) is 0.173. The second-order valence-corrected chi connectivity index (χ2v) is 9.46. The Kier molecular flexibility index (Phi) is 9.49. The van der Waals surface area contributed by atoms with E-state index in [0.29, 0.717) is 12.8 Å². The number of hydrogen-bond donors (Lipinski definition) is 2. The zero-order chi connectivity index (χ0) is 25.4. The summed E-state index contributed by atoms with van der Waals surface area (Å²) < 4.78 is 41.2. The summed E-state index contributed by atoms with van der Waals surface area (Å²) in [4.78, 5) is 13.3. The van der Waals surface area contributed by atoms with Gasteiger partial charge in [0, 0.05) is 19.0 Å². The first-order valence-corrected chi connectivity index (χ1v) is 12.2. The second-order valence-electron chi connectivity index (χ2n) is 8.17. The molecule has 5 nitrogen and oxygen atoms in total. The van der Waals surface area contributed by atoms with Gasteiger partial charge in [0.15, 0.2) is 5.96 Å². The van der Waals surface area contributed by atoms with Gasteiger partial charge in [0.25, 0.3) is 0 Å². The van der Waals surface area contributed by atoms with E-state index in [1.54, 1.807) is 12.1 Å². The van der Waals surface area contributed by atoms with Gasteiger partial charge in [-0.3, -0.25) is 19.5 Å². The molecule has 2 unspecified atom stereocenters. The number of nitrogens with two attached hydrogens (primary N) is 1. The molecular formula is C26H28F3N3O2S. The van der Waals surface area contributed by atoms with E-state index in [1.807, 2.05) is 36.4 Å². The number of guanidine groups is 1. The van der Waals surface area contributed by atoms with E-state index in [1.165, 1.54) is 18.8 Å². The number of carbonyl (C=O) groups is 1. The van der Waals surface area contributed by atoms with Crippen molar-refractivity contribution in [3.8, 4) is 17.6 Å². The van der Waals surface area contributed by atoms with Crippen LogP contribution in [-0.4, -0.2) is 42.4 Å². The summed E-state index contributed by atoms with van der Waals surface area (Å²) in [5.41, 5.74) is 8.03. The Hall–Kier alpha value is -3.12. The molecule has 4 rings (SSSR count). The molecule has 0 radical (unpaired) electrons. The molecule has 0 bridgehead atoms. The summed E-state index contributed by atoms with van der Waals surface area (Å²) in [5.74, 6) is 5.86. The zero-order valence-corrected chi connectivity index (χ0v) is 20.2. The number of unbranched alkanes of at least 4 members (excludes halogenated alkanes) is 1. The number of rotatable bonds is 7. The third-order valence-corrected chi connectivity index (χ3v) is 6.75. The van der Waals surface area contributed by atoms with Gasteiger partial charge in [0.05, 0.1) is 11.9 Å². The summed E-state index contributed by atoms with van der Waals surface area (Å²) in [7, 11) is 1.47. The molecule has 0 aromatic heterocycles. The van der Waals surface area contributed by atoms with Crippen molar-refractivity contribution in [2.75, 3.05) is 13.7 Å². The number of alkyl halides is 3. The molecule has 1 aliphatic carbocycles. The first-order valence-electron chi connectivity index (χ1n) is 11.3. The number of thioether (sulfide) groups is 1. The van der Waals surface area contributed by atoms with Crippen molar-refractivity contribution in [2.45, 2.75) is 48.7 Å². The van der Waals surface area contributed by atoms with Gasteiger partial charge in [-0.2, -0.15) is 8.78 Å². The summed E-state index contributed by atoms with van der Waals surface area (Å²) in [6, 6.07) is 14.9. The Labute approximate surface area is 207 Å². The first-order chi connectivity index (χ1) is 16.8. The third kappa shape index (κ3) is 7.96. The topological polar surface area (TPSA) is 79.4 Å². The van der Waals surface area contributed by atoms with Crippen LogP contribution >= 0.6 is 11.8 Å². The van der Waals surface area contributed by atoms with E-state index >= 15 is 0 Å². The summed E-state index contributed by atoms with van der Waals surface area (Å²) in [6.45, 7) is -3.11. The highest BCUT2D eigenvalue weighted by Gasteiger charge is 2.47. The van der Waals surface area contributed by atoms with E-state index in [4.69, 9.17) is 11.1 Å². The van der Waals surface area contributed by atoms with Crippen LogP contribution in [0, 0.1) is 17.3 Å². The standard InChI is InChI=1S/C15H17F2N3O2S.C11H11F/c1-20(15(18)19)13(21)12-11(23-12)8-4-5-10(22-14(16)17)9(6-8)7-2-3-7;12-10-6-2-5-9-11-7-3-1-4-8-11/h4-7,11-12,14H,2-3H2,1H3,(H3,18,19);1,3-4,7-8H,2,6,10H2. The molecule has 1 aliphatic heterocycles. The fourth-order valence-corrected chi connectivity index (χ4v) is 4.44. The molecule has 1 saturated carbocycles. The maximum Gasteiger partial charge on any atom is 0.387 e. The van der Waals surface area contributed by atoms with Crippen molar-refractivity contribution in [2.24, 2.45) is 5.73 Å². The van der Waals surface area contributed by atoms with Gasteiger partial charge in [-0.25, -0.2) is 0 Å². The lowest BCUT2D eigenvalue weighted by molar-refractivity contribution is -0.125. The highest BCUT2D eigenvalue weighted by Crippen LogP contribution is 2.57. The van der Waals surface area contributed by atoms with E-state index < -0.39 is 6.61 Å². The number of nitrogens with zero attached hydrogens (tertiary/aromatic N) is 1. The predicted molar refractivity (Wildman–Crippen MR) is 132 cm³/mol. The van der Waals surface area contributed by atoms with Crippen LogP contribution in [-0.2, 0) is 4.79 Å². The molecule has 2 aliphatic rings. The maximum absolute atomic E-state index is 12.5. The molecule has 2 atom stereocenters. The van der Waals surface area contributed by atoms with Gasteiger partial charge in [-0.05, 0) is 54.5 Å². The zero-order valence-electron chi connectivity index (χ0n) is 19.3. The molecule has 1 saturated heterocycles. The Bertz CT molecular complexity index is 1080. The SMILES string of the molecule is CN(C(=N)N)C(=O)C1SC1c1ccc(OC(F)F)c(C2CC2)c1.FCCCC#Cc1ccccc1. The normalized spacial score (nSPS) is 18.0. The molecule has 0 spiro atoms. The molecule has 2 aromatic rings. The average Bonchev–Trinajstić information content (AvgIpc) is 3.76.